The van der Waals surface area contributed by atoms with Crippen molar-refractivity contribution in [3.63, 3.8) is 0 Å². The molecule has 0 aromatic rings. The molecule has 1 atom stereocenters. The lowest BCUT2D eigenvalue weighted by Crippen LogP contribution is -2.49. The van der Waals surface area contributed by atoms with Crippen LogP contribution in [0.25, 0.3) is 0 Å². The molecule has 1 unspecified atom stereocenters. The highest BCUT2D eigenvalue weighted by molar-refractivity contribution is 5.89. The van der Waals surface area contributed by atoms with Gasteiger partial charge in [0.25, 0.3) is 0 Å². The lowest BCUT2D eigenvalue weighted by atomic mass is 10.0. The van der Waals surface area contributed by atoms with Crippen LogP contribution in [0, 0.1) is 5.92 Å². The van der Waals surface area contributed by atoms with Crippen LogP contribution in [0.4, 0.5) is 0 Å². The first kappa shape index (κ1) is 19.4. The second-order valence-electron chi connectivity index (χ2n) is 6.07. The zero-order chi connectivity index (χ0) is 17.2. The van der Waals surface area contributed by atoms with Gasteiger partial charge in [0.05, 0.1) is 13.2 Å². The van der Waals surface area contributed by atoms with E-state index in [0.29, 0.717) is 32.6 Å². The maximum absolute atomic E-state index is 12.1. The third kappa shape index (κ3) is 8.51. The largest absolute Gasteiger partial charge is 0.480 e. The van der Waals surface area contributed by atoms with Crippen LogP contribution in [0.3, 0.4) is 0 Å². The van der Waals surface area contributed by atoms with Gasteiger partial charge in [0, 0.05) is 26.1 Å². The van der Waals surface area contributed by atoms with E-state index in [1.54, 1.807) is 0 Å². The van der Waals surface area contributed by atoms with Crippen molar-refractivity contribution in [3.05, 3.63) is 0 Å². The van der Waals surface area contributed by atoms with Crippen molar-refractivity contribution in [2.24, 2.45) is 5.92 Å². The van der Waals surface area contributed by atoms with Crippen LogP contribution in [0.5, 0.6) is 0 Å². The summed E-state index contributed by atoms with van der Waals surface area (Å²) in [5.41, 5.74) is 0. The van der Waals surface area contributed by atoms with Crippen molar-refractivity contribution >= 4 is 17.8 Å². The highest BCUT2D eigenvalue weighted by Gasteiger charge is 2.22. The molecule has 0 radical (unpaired) electrons. The quantitative estimate of drug-likeness (QED) is 0.523. The zero-order valence-electron chi connectivity index (χ0n) is 13.8. The van der Waals surface area contributed by atoms with Gasteiger partial charge < -0.3 is 20.5 Å². The number of ether oxygens (including phenoxy) is 1. The molecule has 1 aliphatic heterocycles. The topological polar surface area (TPSA) is 108 Å². The van der Waals surface area contributed by atoms with Gasteiger partial charge in [-0.1, -0.05) is 13.8 Å². The molecule has 1 rings (SSSR count). The van der Waals surface area contributed by atoms with E-state index in [0.717, 1.165) is 13.1 Å². The van der Waals surface area contributed by atoms with E-state index in [1.807, 2.05) is 13.8 Å². The Hall–Kier alpha value is -1.67. The molecule has 132 valence electrons. The Morgan fingerprint density at radius 1 is 1.22 bits per heavy atom. The van der Waals surface area contributed by atoms with Gasteiger partial charge in [-0.3, -0.25) is 19.3 Å². The van der Waals surface area contributed by atoms with Crippen LogP contribution >= 0.6 is 0 Å². The lowest BCUT2D eigenvalue weighted by Gasteiger charge is -2.26. The predicted molar refractivity (Wildman–Crippen MR) is 83.9 cm³/mol. The number of carbonyl (C=O) groups excluding carboxylic acids is 2. The molecule has 0 spiro atoms. The lowest BCUT2D eigenvalue weighted by molar-refractivity contribution is -0.138. The number of hydrogen-bond acceptors (Lipinski definition) is 5. The van der Waals surface area contributed by atoms with E-state index in [-0.39, 0.29) is 11.8 Å². The Bertz CT molecular complexity index is 408. The average molecular weight is 329 g/mol. The van der Waals surface area contributed by atoms with Crippen LogP contribution in [0.1, 0.15) is 26.7 Å². The summed E-state index contributed by atoms with van der Waals surface area (Å²) in [4.78, 5) is 36.7. The molecule has 2 amide bonds. The SMILES string of the molecule is CC(C)CC(NC(=O)CCN1CCOCC1)C(=O)NCC(=O)O. The smallest absolute Gasteiger partial charge is 0.322 e. The van der Waals surface area contributed by atoms with E-state index >= 15 is 0 Å². The van der Waals surface area contributed by atoms with Gasteiger partial charge in [-0.05, 0) is 12.3 Å². The fourth-order valence-electron chi connectivity index (χ4n) is 2.34. The Kier molecular flexibility index (Phi) is 8.57. The monoisotopic (exact) mass is 329 g/mol. The molecule has 0 bridgehead atoms. The van der Waals surface area contributed by atoms with Crippen LogP contribution in [0.15, 0.2) is 0 Å². The van der Waals surface area contributed by atoms with E-state index in [2.05, 4.69) is 15.5 Å². The number of nitrogens with zero attached hydrogens (tertiary/aromatic N) is 1. The summed E-state index contributed by atoms with van der Waals surface area (Å²) in [6.45, 7) is 7.03. The van der Waals surface area contributed by atoms with E-state index in [4.69, 9.17) is 9.84 Å². The molecule has 0 aromatic carbocycles. The van der Waals surface area contributed by atoms with Gasteiger partial charge in [0.2, 0.25) is 11.8 Å². The summed E-state index contributed by atoms with van der Waals surface area (Å²) in [5, 5.41) is 13.6. The summed E-state index contributed by atoms with van der Waals surface area (Å²) in [7, 11) is 0. The Morgan fingerprint density at radius 2 is 1.87 bits per heavy atom. The number of rotatable bonds is 9. The van der Waals surface area contributed by atoms with Crippen LogP contribution in [-0.2, 0) is 19.1 Å². The second-order valence-corrected chi connectivity index (χ2v) is 6.07. The number of hydrogen-bond donors (Lipinski definition) is 3. The molecule has 1 aliphatic rings. The molecule has 1 heterocycles. The minimum absolute atomic E-state index is 0.201. The highest BCUT2D eigenvalue weighted by atomic mass is 16.5. The minimum Gasteiger partial charge on any atom is -0.480 e. The second kappa shape index (κ2) is 10.2. The minimum atomic E-state index is -1.11. The molecule has 0 aliphatic carbocycles. The number of amides is 2. The first-order valence-corrected chi connectivity index (χ1v) is 7.97. The number of carboxylic acid groups (broad SMARTS) is 1. The van der Waals surface area contributed by atoms with Gasteiger partial charge in [-0.25, -0.2) is 0 Å². The van der Waals surface area contributed by atoms with Crippen LogP contribution < -0.4 is 10.6 Å². The van der Waals surface area contributed by atoms with Crippen molar-refractivity contribution in [2.75, 3.05) is 39.4 Å². The Labute approximate surface area is 136 Å². The van der Waals surface area contributed by atoms with Gasteiger partial charge in [0.1, 0.15) is 12.6 Å². The Morgan fingerprint density at radius 3 is 2.43 bits per heavy atom. The molecular weight excluding hydrogens is 302 g/mol. The highest BCUT2D eigenvalue weighted by Crippen LogP contribution is 2.06. The maximum atomic E-state index is 12.1. The van der Waals surface area contributed by atoms with Crippen molar-refractivity contribution in [2.45, 2.75) is 32.7 Å². The molecule has 8 heteroatoms. The van der Waals surface area contributed by atoms with Gasteiger partial charge in [0.15, 0.2) is 0 Å². The summed E-state index contributed by atoms with van der Waals surface area (Å²) in [5.74, 6) is -1.57. The van der Waals surface area contributed by atoms with Crippen molar-refractivity contribution in [1.82, 2.24) is 15.5 Å². The fourth-order valence-corrected chi connectivity index (χ4v) is 2.34. The average Bonchev–Trinajstić information content (AvgIpc) is 2.50. The van der Waals surface area contributed by atoms with Crippen molar-refractivity contribution < 1.29 is 24.2 Å². The normalized spacial score (nSPS) is 16.8. The van der Waals surface area contributed by atoms with Crippen molar-refractivity contribution in [1.29, 1.82) is 0 Å². The fraction of sp³-hybridized carbons (Fsp3) is 0.800. The first-order chi connectivity index (χ1) is 10.9. The summed E-state index contributed by atoms with van der Waals surface area (Å²) in [6.07, 6.45) is 0.773. The summed E-state index contributed by atoms with van der Waals surface area (Å²) in [6, 6.07) is -0.702. The van der Waals surface area contributed by atoms with E-state index in [1.165, 1.54) is 0 Å². The van der Waals surface area contributed by atoms with E-state index in [9.17, 15) is 14.4 Å². The maximum Gasteiger partial charge on any atom is 0.322 e. The summed E-state index contributed by atoms with van der Waals surface area (Å²) < 4.78 is 5.25. The first-order valence-electron chi connectivity index (χ1n) is 7.97. The number of aliphatic carboxylic acids is 1. The molecule has 1 saturated heterocycles. The number of carbonyl (C=O) groups is 3. The molecule has 8 nitrogen and oxygen atoms in total. The van der Waals surface area contributed by atoms with Gasteiger partial charge in [-0.2, -0.15) is 0 Å². The standard InChI is InChI=1S/C15H27N3O5/c1-11(2)9-12(15(22)16-10-14(20)21)17-13(19)3-4-18-5-7-23-8-6-18/h11-12H,3-10H2,1-2H3,(H,16,22)(H,17,19)(H,20,21). The third-order valence-corrected chi connectivity index (χ3v) is 3.53. The van der Waals surface area contributed by atoms with Gasteiger partial charge in [-0.15, -0.1) is 0 Å². The number of morpholine rings is 1. The number of nitrogens with one attached hydrogen (secondary N) is 2. The molecule has 23 heavy (non-hydrogen) atoms. The zero-order valence-corrected chi connectivity index (χ0v) is 13.8. The molecule has 3 N–H and O–H groups in total. The van der Waals surface area contributed by atoms with Crippen molar-refractivity contribution in [3.8, 4) is 0 Å². The Balaban J connectivity index is 2.42. The molecule has 0 saturated carbocycles. The number of carboxylic acids is 1. The van der Waals surface area contributed by atoms with Crippen LogP contribution in [0.2, 0.25) is 0 Å². The van der Waals surface area contributed by atoms with Crippen LogP contribution in [-0.4, -0.2) is 73.2 Å². The summed E-state index contributed by atoms with van der Waals surface area (Å²) >= 11 is 0. The predicted octanol–water partition coefficient (Wildman–Crippen LogP) is -0.560. The molecule has 1 fully saturated rings. The third-order valence-electron chi connectivity index (χ3n) is 3.53. The van der Waals surface area contributed by atoms with E-state index < -0.39 is 24.5 Å². The molecule has 0 aromatic heterocycles. The van der Waals surface area contributed by atoms with Gasteiger partial charge >= 0.3 is 5.97 Å². The molecular formula is C15H27N3O5.